The minimum Gasteiger partial charge on any atom is -0.340 e. The molecule has 2 N–H and O–H groups in total. The molecule has 8 heteroatoms. The van der Waals surface area contributed by atoms with Crippen LogP contribution in [0.5, 0.6) is 0 Å². The van der Waals surface area contributed by atoms with Gasteiger partial charge in [0.15, 0.2) is 16.6 Å². The first-order chi connectivity index (χ1) is 9.79. The molecule has 3 aromatic heterocycles. The summed E-state index contributed by atoms with van der Waals surface area (Å²) < 4.78 is 13.9. The first kappa shape index (κ1) is 11.2. The molecule has 0 aliphatic carbocycles. The van der Waals surface area contributed by atoms with Crippen LogP contribution in [0.1, 0.15) is 0 Å². The lowest BCUT2D eigenvalue weighted by Gasteiger charge is -2.00. The fourth-order valence-corrected chi connectivity index (χ4v) is 2.80. The molecule has 98 valence electrons. The average Bonchev–Trinajstić information content (AvgIpc) is 3.04. The van der Waals surface area contributed by atoms with Gasteiger partial charge < -0.3 is 10.3 Å². The molecule has 0 spiro atoms. The van der Waals surface area contributed by atoms with Gasteiger partial charge in [-0.1, -0.05) is 11.3 Å². The average molecular weight is 286 g/mol. The van der Waals surface area contributed by atoms with E-state index in [2.05, 4.69) is 30.2 Å². The molecule has 0 amide bonds. The molecule has 4 aromatic rings. The van der Waals surface area contributed by atoms with Crippen LogP contribution in [0.2, 0.25) is 0 Å². The number of hydrogen-bond donors (Lipinski definition) is 2. The molecule has 0 fully saturated rings. The van der Waals surface area contributed by atoms with Gasteiger partial charge in [-0.15, -0.1) is 0 Å². The van der Waals surface area contributed by atoms with Gasteiger partial charge in [-0.3, -0.25) is 0 Å². The third-order valence-electron chi connectivity index (χ3n) is 2.80. The normalized spacial score (nSPS) is 11.2. The SMILES string of the molecule is Fc1ccc2nc(Nc3ncnc4nc[nH]c34)sc2c1. The molecule has 0 atom stereocenters. The highest BCUT2D eigenvalue weighted by Gasteiger charge is 2.09. The van der Waals surface area contributed by atoms with Crippen LogP contribution >= 0.6 is 11.3 Å². The van der Waals surface area contributed by atoms with Crippen LogP contribution in [0, 0.1) is 5.82 Å². The van der Waals surface area contributed by atoms with E-state index in [1.165, 1.54) is 29.8 Å². The molecule has 0 saturated carbocycles. The Morgan fingerprint density at radius 2 is 2.15 bits per heavy atom. The van der Waals surface area contributed by atoms with Gasteiger partial charge >= 0.3 is 0 Å². The Morgan fingerprint density at radius 1 is 1.20 bits per heavy atom. The van der Waals surface area contributed by atoms with Crippen molar-refractivity contribution in [1.82, 2.24) is 24.9 Å². The van der Waals surface area contributed by atoms with Crippen molar-refractivity contribution in [2.24, 2.45) is 0 Å². The van der Waals surface area contributed by atoms with Crippen LogP contribution in [-0.4, -0.2) is 24.9 Å². The lowest BCUT2D eigenvalue weighted by molar-refractivity contribution is 0.630. The minimum absolute atomic E-state index is 0.273. The van der Waals surface area contributed by atoms with Gasteiger partial charge in [-0.2, -0.15) is 0 Å². The van der Waals surface area contributed by atoms with Gasteiger partial charge in [0.25, 0.3) is 0 Å². The molecule has 4 rings (SSSR count). The fraction of sp³-hybridized carbons (Fsp3) is 0. The standard InChI is InChI=1S/C12H7FN6S/c13-6-1-2-7-8(3-6)20-12(18-7)19-11-9-10(15-4-14-9)16-5-17-11/h1-5H,(H2,14,15,16,17,18,19). The first-order valence-corrected chi connectivity index (χ1v) is 6.58. The number of fused-ring (bicyclic) bond motifs is 2. The lowest BCUT2D eigenvalue weighted by atomic mass is 10.3. The van der Waals surface area contributed by atoms with E-state index in [-0.39, 0.29) is 5.82 Å². The number of anilines is 2. The zero-order chi connectivity index (χ0) is 13.5. The second-order valence-electron chi connectivity index (χ2n) is 4.08. The fourth-order valence-electron chi connectivity index (χ4n) is 1.91. The molecule has 1 aromatic carbocycles. The highest BCUT2D eigenvalue weighted by atomic mass is 32.1. The van der Waals surface area contributed by atoms with E-state index in [1.807, 2.05) is 0 Å². The number of aromatic amines is 1. The van der Waals surface area contributed by atoms with Gasteiger partial charge in [-0.05, 0) is 18.2 Å². The number of H-pyrrole nitrogens is 1. The van der Waals surface area contributed by atoms with Crippen molar-refractivity contribution in [2.45, 2.75) is 0 Å². The summed E-state index contributed by atoms with van der Waals surface area (Å²) in [5, 5.41) is 3.74. The van der Waals surface area contributed by atoms with Crippen LogP contribution in [-0.2, 0) is 0 Å². The second kappa shape index (κ2) is 4.20. The molecule has 0 radical (unpaired) electrons. The number of rotatable bonds is 2. The van der Waals surface area contributed by atoms with Crippen molar-refractivity contribution >= 4 is 43.7 Å². The van der Waals surface area contributed by atoms with Crippen LogP contribution in [0.4, 0.5) is 15.3 Å². The smallest absolute Gasteiger partial charge is 0.189 e. The maximum Gasteiger partial charge on any atom is 0.189 e. The van der Waals surface area contributed by atoms with Crippen LogP contribution < -0.4 is 5.32 Å². The van der Waals surface area contributed by atoms with Gasteiger partial charge in [-0.25, -0.2) is 24.3 Å². The Morgan fingerprint density at radius 3 is 3.10 bits per heavy atom. The van der Waals surface area contributed by atoms with Gasteiger partial charge in [0.05, 0.1) is 16.5 Å². The minimum atomic E-state index is -0.273. The third kappa shape index (κ3) is 1.77. The molecule has 0 aliphatic rings. The molecule has 0 aliphatic heterocycles. The van der Waals surface area contributed by atoms with E-state index in [0.717, 1.165) is 10.2 Å². The summed E-state index contributed by atoms with van der Waals surface area (Å²) in [7, 11) is 0. The highest BCUT2D eigenvalue weighted by molar-refractivity contribution is 7.22. The topological polar surface area (TPSA) is 79.4 Å². The molecule has 6 nitrogen and oxygen atoms in total. The third-order valence-corrected chi connectivity index (χ3v) is 3.73. The number of thiazole rings is 1. The highest BCUT2D eigenvalue weighted by Crippen LogP contribution is 2.29. The van der Waals surface area contributed by atoms with Crippen LogP contribution in [0.3, 0.4) is 0 Å². The largest absolute Gasteiger partial charge is 0.340 e. The number of aromatic nitrogens is 5. The molecule has 20 heavy (non-hydrogen) atoms. The van der Waals surface area contributed by atoms with E-state index in [9.17, 15) is 4.39 Å². The van der Waals surface area contributed by atoms with Gasteiger partial charge in [0, 0.05) is 0 Å². The molecule has 3 heterocycles. The molecular weight excluding hydrogens is 279 g/mol. The van der Waals surface area contributed by atoms with Crippen molar-refractivity contribution in [2.75, 3.05) is 5.32 Å². The summed E-state index contributed by atoms with van der Waals surface area (Å²) in [6.07, 6.45) is 2.98. The monoisotopic (exact) mass is 286 g/mol. The summed E-state index contributed by atoms with van der Waals surface area (Å²) in [5.41, 5.74) is 2.03. The van der Waals surface area contributed by atoms with Crippen molar-refractivity contribution < 1.29 is 4.39 Å². The van der Waals surface area contributed by atoms with Crippen LogP contribution in [0.15, 0.2) is 30.9 Å². The van der Waals surface area contributed by atoms with E-state index in [1.54, 1.807) is 12.4 Å². The van der Waals surface area contributed by atoms with Crippen LogP contribution in [0.25, 0.3) is 21.4 Å². The van der Waals surface area contributed by atoms with E-state index in [4.69, 9.17) is 0 Å². The quantitative estimate of drug-likeness (QED) is 0.592. The number of halogens is 1. The summed E-state index contributed by atoms with van der Waals surface area (Å²) >= 11 is 1.36. The summed E-state index contributed by atoms with van der Waals surface area (Å²) in [5.74, 6) is 0.317. The summed E-state index contributed by atoms with van der Waals surface area (Å²) in [6, 6.07) is 4.51. The molecule has 0 bridgehead atoms. The summed E-state index contributed by atoms with van der Waals surface area (Å²) in [4.78, 5) is 19.6. The zero-order valence-corrected chi connectivity index (χ0v) is 10.8. The maximum absolute atomic E-state index is 13.2. The van der Waals surface area contributed by atoms with E-state index in [0.29, 0.717) is 22.1 Å². The Bertz CT molecular complexity index is 915. The number of nitrogens with one attached hydrogen (secondary N) is 2. The van der Waals surface area contributed by atoms with Crippen molar-refractivity contribution in [3.8, 4) is 0 Å². The maximum atomic E-state index is 13.2. The Labute approximate surface area is 115 Å². The number of hydrogen-bond acceptors (Lipinski definition) is 6. The Kier molecular flexibility index (Phi) is 2.36. The van der Waals surface area contributed by atoms with E-state index < -0.39 is 0 Å². The Balaban J connectivity index is 1.78. The summed E-state index contributed by atoms with van der Waals surface area (Å²) in [6.45, 7) is 0. The molecule has 0 saturated heterocycles. The van der Waals surface area contributed by atoms with Gasteiger partial charge in [0.1, 0.15) is 17.7 Å². The van der Waals surface area contributed by atoms with Crippen molar-refractivity contribution in [3.05, 3.63) is 36.7 Å². The lowest BCUT2D eigenvalue weighted by Crippen LogP contribution is -1.95. The molecular formula is C12H7FN6S. The Hall–Kier alpha value is -2.61. The number of imidazole rings is 1. The van der Waals surface area contributed by atoms with Crippen molar-refractivity contribution in [1.29, 1.82) is 0 Å². The van der Waals surface area contributed by atoms with E-state index >= 15 is 0 Å². The van der Waals surface area contributed by atoms with Gasteiger partial charge in [0.2, 0.25) is 0 Å². The number of nitrogens with zero attached hydrogens (tertiary/aromatic N) is 4. The second-order valence-corrected chi connectivity index (χ2v) is 5.11. The zero-order valence-electron chi connectivity index (χ0n) is 9.96. The van der Waals surface area contributed by atoms with Crippen molar-refractivity contribution in [3.63, 3.8) is 0 Å². The number of benzene rings is 1. The predicted octanol–water partition coefficient (Wildman–Crippen LogP) is 2.85. The molecule has 0 unspecified atom stereocenters. The first-order valence-electron chi connectivity index (χ1n) is 5.77. The predicted molar refractivity (Wildman–Crippen MR) is 74.5 cm³/mol.